The second-order valence-electron chi connectivity index (χ2n) is 5.99. The van der Waals surface area contributed by atoms with E-state index in [1.54, 1.807) is 6.20 Å². The van der Waals surface area contributed by atoms with Gasteiger partial charge in [0.15, 0.2) is 6.29 Å². The van der Waals surface area contributed by atoms with Crippen molar-refractivity contribution in [1.82, 2.24) is 14.5 Å². The highest BCUT2D eigenvalue weighted by molar-refractivity contribution is 7.89. The minimum atomic E-state index is -3.73. The van der Waals surface area contributed by atoms with Gasteiger partial charge in [0.05, 0.1) is 17.5 Å². The van der Waals surface area contributed by atoms with Crippen LogP contribution in [0.3, 0.4) is 0 Å². The summed E-state index contributed by atoms with van der Waals surface area (Å²) in [7, 11) is -0.788. The molecule has 7 nitrogen and oxygen atoms in total. The van der Waals surface area contributed by atoms with Gasteiger partial charge < -0.3 is 9.47 Å². The molecule has 2 heterocycles. The standard InChI is InChI=1S/C16H23N3O4S2/c1-22-15(23-2)10-17-25(20,21)14-11-19(12-6-3-4-7-12)18-16(14)13-8-5-9-24-13/h5,8-9,11-12,15,17H,3-4,6-7,10H2,1-2H3. The molecule has 0 aromatic carbocycles. The van der Waals surface area contributed by atoms with Crippen LogP contribution in [0.25, 0.3) is 10.6 Å². The summed E-state index contributed by atoms with van der Waals surface area (Å²) in [6.45, 7) is 0.0355. The van der Waals surface area contributed by atoms with E-state index < -0.39 is 16.3 Å². The number of hydrogen-bond acceptors (Lipinski definition) is 6. The first kappa shape index (κ1) is 18.5. The third-order valence-corrected chi connectivity index (χ3v) is 6.71. The lowest BCUT2D eigenvalue weighted by molar-refractivity contribution is -0.0960. The molecule has 2 aromatic rings. The Morgan fingerprint density at radius 2 is 2.08 bits per heavy atom. The summed E-state index contributed by atoms with van der Waals surface area (Å²) < 4.78 is 40.2. The summed E-state index contributed by atoms with van der Waals surface area (Å²) in [5, 5.41) is 6.53. The Hall–Kier alpha value is -1.26. The van der Waals surface area contributed by atoms with Crippen LogP contribution >= 0.6 is 11.3 Å². The van der Waals surface area contributed by atoms with Crippen molar-refractivity contribution in [2.24, 2.45) is 0 Å². The average molecular weight is 386 g/mol. The van der Waals surface area contributed by atoms with Crippen LogP contribution in [0.1, 0.15) is 31.7 Å². The molecule has 1 saturated carbocycles. The van der Waals surface area contributed by atoms with Crippen LogP contribution in [-0.4, -0.2) is 45.3 Å². The lowest BCUT2D eigenvalue weighted by Gasteiger charge is -2.14. The normalized spacial score (nSPS) is 16.1. The molecule has 3 rings (SSSR count). The second-order valence-corrected chi connectivity index (χ2v) is 8.67. The number of nitrogens with zero attached hydrogens (tertiary/aromatic N) is 2. The molecule has 0 radical (unpaired) electrons. The van der Waals surface area contributed by atoms with Gasteiger partial charge in [0.1, 0.15) is 10.6 Å². The molecule has 0 unspecified atom stereocenters. The van der Waals surface area contributed by atoms with Gasteiger partial charge in [0.25, 0.3) is 0 Å². The maximum atomic E-state index is 12.8. The number of sulfonamides is 1. The molecule has 9 heteroatoms. The molecule has 0 bridgehead atoms. The van der Waals surface area contributed by atoms with Crippen LogP contribution in [-0.2, 0) is 19.5 Å². The van der Waals surface area contributed by atoms with Crippen molar-refractivity contribution in [3.63, 3.8) is 0 Å². The van der Waals surface area contributed by atoms with E-state index in [4.69, 9.17) is 9.47 Å². The summed E-state index contributed by atoms with van der Waals surface area (Å²) in [5.74, 6) is 0. The molecule has 0 aliphatic heterocycles. The lowest BCUT2D eigenvalue weighted by atomic mass is 10.3. The van der Waals surface area contributed by atoms with Gasteiger partial charge in [-0.1, -0.05) is 18.9 Å². The van der Waals surface area contributed by atoms with E-state index in [1.165, 1.54) is 25.6 Å². The highest BCUT2D eigenvalue weighted by atomic mass is 32.2. The topological polar surface area (TPSA) is 82.5 Å². The minimum absolute atomic E-state index is 0.0355. The molecular formula is C16H23N3O4S2. The van der Waals surface area contributed by atoms with E-state index in [1.807, 2.05) is 22.2 Å². The summed E-state index contributed by atoms with van der Waals surface area (Å²) >= 11 is 1.48. The molecule has 138 valence electrons. The maximum absolute atomic E-state index is 12.8. The van der Waals surface area contributed by atoms with Crippen molar-refractivity contribution in [2.45, 2.75) is 42.9 Å². The summed E-state index contributed by atoms with van der Waals surface area (Å²) in [5.41, 5.74) is 0.501. The Labute approximate surface area is 152 Å². The smallest absolute Gasteiger partial charge is 0.244 e. The van der Waals surface area contributed by atoms with E-state index in [9.17, 15) is 8.42 Å². The zero-order valence-corrected chi connectivity index (χ0v) is 16.0. The Morgan fingerprint density at radius 3 is 2.68 bits per heavy atom. The van der Waals surface area contributed by atoms with Crippen LogP contribution in [0.2, 0.25) is 0 Å². The number of nitrogens with one attached hydrogen (secondary N) is 1. The molecule has 25 heavy (non-hydrogen) atoms. The molecule has 2 aromatic heterocycles. The number of thiophene rings is 1. The predicted octanol–water partition coefficient (Wildman–Crippen LogP) is 2.62. The lowest BCUT2D eigenvalue weighted by Crippen LogP contribution is -2.34. The molecule has 1 N–H and O–H groups in total. The van der Waals surface area contributed by atoms with E-state index in [0.29, 0.717) is 5.69 Å². The van der Waals surface area contributed by atoms with Crippen molar-refractivity contribution >= 4 is 21.4 Å². The number of hydrogen-bond donors (Lipinski definition) is 1. The molecule has 0 saturated heterocycles. The Morgan fingerprint density at radius 1 is 1.36 bits per heavy atom. The van der Waals surface area contributed by atoms with Crippen LogP contribution in [0.4, 0.5) is 0 Å². The van der Waals surface area contributed by atoms with Gasteiger partial charge in [-0.25, -0.2) is 13.1 Å². The van der Waals surface area contributed by atoms with Gasteiger partial charge in [-0.15, -0.1) is 11.3 Å². The zero-order chi connectivity index (χ0) is 17.9. The van der Waals surface area contributed by atoms with Gasteiger partial charge >= 0.3 is 0 Å². The van der Waals surface area contributed by atoms with Crippen molar-refractivity contribution < 1.29 is 17.9 Å². The molecule has 0 amide bonds. The fourth-order valence-corrected chi connectivity index (χ4v) is 4.98. The quantitative estimate of drug-likeness (QED) is 0.707. The molecule has 1 fully saturated rings. The average Bonchev–Trinajstić information content (AvgIpc) is 3.34. The van der Waals surface area contributed by atoms with E-state index >= 15 is 0 Å². The predicted molar refractivity (Wildman–Crippen MR) is 96.0 cm³/mol. The van der Waals surface area contributed by atoms with E-state index in [2.05, 4.69) is 9.82 Å². The Bertz CT molecular complexity index is 776. The SMILES string of the molecule is COC(CNS(=O)(=O)c1cn(C2CCCC2)nc1-c1cccs1)OC. The molecule has 0 spiro atoms. The first-order chi connectivity index (χ1) is 12.0. The van der Waals surface area contributed by atoms with Gasteiger partial charge in [0.2, 0.25) is 10.0 Å². The Balaban J connectivity index is 1.92. The van der Waals surface area contributed by atoms with Gasteiger partial charge in [-0.3, -0.25) is 4.68 Å². The monoisotopic (exact) mass is 385 g/mol. The fourth-order valence-electron chi connectivity index (χ4n) is 3.03. The van der Waals surface area contributed by atoms with E-state index in [0.717, 1.165) is 30.6 Å². The largest absolute Gasteiger partial charge is 0.355 e. The number of aromatic nitrogens is 2. The van der Waals surface area contributed by atoms with Crippen molar-refractivity contribution in [3.05, 3.63) is 23.7 Å². The molecule has 0 atom stereocenters. The van der Waals surface area contributed by atoms with Crippen molar-refractivity contribution in [2.75, 3.05) is 20.8 Å². The third-order valence-electron chi connectivity index (χ3n) is 4.41. The number of methoxy groups -OCH3 is 2. The number of rotatable bonds is 8. The first-order valence-electron chi connectivity index (χ1n) is 8.23. The molecule has 1 aliphatic carbocycles. The maximum Gasteiger partial charge on any atom is 0.244 e. The summed E-state index contributed by atoms with van der Waals surface area (Å²) in [6.07, 6.45) is 5.40. The number of ether oxygens (including phenoxy) is 2. The van der Waals surface area contributed by atoms with Crippen LogP contribution in [0.5, 0.6) is 0 Å². The highest BCUT2D eigenvalue weighted by Gasteiger charge is 2.28. The van der Waals surface area contributed by atoms with Crippen LogP contribution < -0.4 is 4.72 Å². The second kappa shape index (κ2) is 7.96. The third kappa shape index (κ3) is 4.12. The zero-order valence-electron chi connectivity index (χ0n) is 14.3. The van der Waals surface area contributed by atoms with Gasteiger partial charge in [0, 0.05) is 20.4 Å². The van der Waals surface area contributed by atoms with Crippen molar-refractivity contribution in [3.8, 4) is 10.6 Å². The molecule has 1 aliphatic rings. The minimum Gasteiger partial charge on any atom is -0.355 e. The Kier molecular flexibility index (Phi) is 5.90. The highest BCUT2D eigenvalue weighted by Crippen LogP contribution is 2.34. The van der Waals surface area contributed by atoms with E-state index in [-0.39, 0.29) is 17.5 Å². The fraction of sp³-hybridized carbons (Fsp3) is 0.562. The van der Waals surface area contributed by atoms with Gasteiger partial charge in [-0.2, -0.15) is 5.10 Å². The van der Waals surface area contributed by atoms with Crippen LogP contribution in [0.15, 0.2) is 28.6 Å². The van der Waals surface area contributed by atoms with Crippen LogP contribution in [0, 0.1) is 0 Å². The first-order valence-corrected chi connectivity index (χ1v) is 10.6. The van der Waals surface area contributed by atoms with Crippen molar-refractivity contribution in [1.29, 1.82) is 0 Å². The summed E-state index contributed by atoms with van der Waals surface area (Å²) in [6, 6.07) is 4.05. The molecular weight excluding hydrogens is 362 g/mol. The van der Waals surface area contributed by atoms with Gasteiger partial charge in [-0.05, 0) is 24.3 Å². The summed E-state index contributed by atoms with van der Waals surface area (Å²) in [4.78, 5) is 1.04.